The van der Waals surface area contributed by atoms with E-state index in [2.05, 4.69) is 9.57 Å². The quantitative estimate of drug-likeness (QED) is 0.699. The molecule has 2 N–H and O–H groups in total. The fourth-order valence-corrected chi connectivity index (χ4v) is 0.718. The van der Waals surface area contributed by atoms with Crippen LogP contribution in [0.1, 0.15) is 0 Å². The van der Waals surface area contributed by atoms with E-state index in [0.717, 1.165) is 12.1 Å². The van der Waals surface area contributed by atoms with Crippen molar-refractivity contribution in [2.24, 2.45) is 0 Å². The van der Waals surface area contributed by atoms with Gasteiger partial charge in [-0.2, -0.15) is 0 Å². The van der Waals surface area contributed by atoms with E-state index in [4.69, 9.17) is 10.2 Å². The molecular weight excluding hydrogens is 197 g/mol. The molecule has 0 fully saturated rings. The molecule has 0 radical (unpaired) electrons. The van der Waals surface area contributed by atoms with Gasteiger partial charge in [0, 0.05) is 12.1 Å². The van der Waals surface area contributed by atoms with E-state index >= 15 is 0 Å². The van der Waals surface area contributed by atoms with Crippen molar-refractivity contribution in [2.45, 2.75) is 0 Å². The third kappa shape index (κ3) is 2.28. The van der Waals surface area contributed by atoms with Gasteiger partial charge in [-0.3, -0.25) is 4.84 Å². The average Bonchev–Trinajstić information content (AvgIpc) is 2.46. The fraction of sp³-hybridized carbons (Fsp3) is 0.286. The molecule has 0 saturated carbocycles. The lowest BCUT2D eigenvalue weighted by atomic mass is 10.6. The smallest absolute Gasteiger partial charge is 0.492 e. The van der Waals surface area contributed by atoms with Crippen LogP contribution in [0.5, 0.6) is 11.8 Å². The molecule has 1 heterocycles. The number of nitrogens with zero attached hydrogens (tertiary/aromatic N) is 1. The molecule has 1 aromatic rings. The van der Waals surface area contributed by atoms with Crippen LogP contribution in [-0.4, -0.2) is 34.4 Å². The maximum atomic E-state index is 11.6. The lowest BCUT2D eigenvalue weighted by molar-refractivity contribution is 0.0326. The highest BCUT2D eigenvalue weighted by atomic mass is 19.1. The van der Waals surface area contributed by atoms with Crippen molar-refractivity contribution < 1.29 is 29.0 Å². The van der Waals surface area contributed by atoms with Gasteiger partial charge in [-0.15, -0.1) is 4.73 Å². The van der Waals surface area contributed by atoms with E-state index in [9.17, 15) is 9.18 Å². The minimum Gasteiger partial charge on any atom is -0.492 e. The molecule has 14 heavy (non-hydrogen) atoms. The molecule has 1 rings (SSSR count). The molecule has 0 saturated heterocycles. The molecule has 1 aromatic heterocycles. The lowest BCUT2D eigenvalue weighted by Gasteiger charge is -2.05. The normalized spacial score (nSPS) is 9.79. The van der Waals surface area contributed by atoms with Crippen molar-refractivity contribution in [3.63, 3.8) is 0 Å². The van der Waals surface area contributed by atoms with Gasteiger partial charge >= 0.3 is 6.16 Å². The number of ether oxygens (including phenoxy) is 1. The van der Waals surface area contributed by atoms with Crippen molar-refractivity contribution in [2.75, 3.05) is 13.3 Å². The minimum atomic E-state index is -1.22. The van der Waals surface area contributed by atoms with Crippen molar-refractivity contribution in [3.05, 3.63) is 12.1 Å². The zero-order chi connectivity index (χ0) is 10.6. The van der Waals surface area contributed by atoms with Crippen LogP contribution >= 0.6 is 0 Å². The Bertz CT molecular complexity index is 304. The summed E-state index contributed by atoms with van der Waals surface area (Å²) in [5, 5.41) is 18.0. The van der Waals surface area contributed by atoms with Crippen LogP contribution in [0.15, 0.2) is 12.1 Å². The zero-order valence-electron chi connectivity index (χ0n) is 7.01. The van der Waals surface area contributed by atoms with Gasteiger partial charge in [0.15, 0.2) is 0 Å². The Labute approximate surface area is 78.0 Å². The zero-order valence-corrected chi connectivity index (χ0v) is 7.01. The Morgan fingerprint density at radius 2 is 2.00 bits per heavy atom. The Hall–Kier alpha value is -1.92. The standard InChI is InChI=1S/C7H8FNO5/c8-3-4-13-7(12)14-9-5(10)1-2-6(9)11/h1-2,10-11H,3-4H2. The summed E-state index contributed by atoms with van der Waals surface area (Å²) < 4.78 is 16.2. The molecule has 0 aliphatic heterocycles. The third-order valence-electron chi connectivity index (χ3n) is 1.26. The van der Waals surface area contributed by atoms with Crippen LogP contribution < -0.4 is 4.84 Å². The maximum absolute atomic E-state index is 11.6. The minimum absolute atomic E-state index is 0.443. The Morgan fingerprint density at radius 1 is 1.43 bits per heavy atom. The Morgan fingerprint density at radius 3 is 2.50 bits per heavy atom. The number of carbonyl (C=O) groups is 1. The van der Waals surface area contributed by atoms with Gasteiger partial charge in [-0.05, 0) is 0 Å². The van der Waals surface area contributed by atoms with Crippen molar-refractivity contribution >= 4 is 6.16 Å². The van der Waals surface area contributed by atoms with Gasteiger partial charge in [0.1, 0.15) is 13.3 Å². The van der Waals surface area contributed by atoms with E-state index in [1.54, 1.807) is 0 Å². The number of rotatable bonds is 3. The highest BCUT2D eigenvalue weighted by Crippen LogP contribution is 2.18. The average molecular weight is 205 g/mol. The van der Waals surface area contributed by atoms with Gasteiger partial charge in [-0.25, -0.2) is 9.18 Å². The van der Waals surface area contributed by atoms with E-state index in [-0.39, 0.29) is 0 Å². The first-order valence-electron chi connectivity index (χ1n) is 3.66. The van der Waals surface area contributed by atoms with Gasteiger partial charge < -0.3 is 14.9 Å². The molecule has 0 unspecified atom stereocenters. The molecule has 7 heteroatoms. The van der Waals surface area contributed by atoms with Crippen LogP contribution in [0.4, 0.5) is 9.18 Å². The van der Waals surface area contributed by atoms with Crippen LogP contribution in [-0.2, 0) is 4.74 Å². The first kappa shape index (κ1) is 10.2. The van der Waals surface area contributed by atoms with E-state index in [1.165, 1.54) is 0 Å². The van der Waals surface area contributed by atoms with E-state index in [1.807, 2.05) is 0 Å². The van der Waals surface area contributed by atoms with Crippen molar-refractivity contribution in [3.8, 4) is 11.8 Å². The Kier molecular flexibility index (Phi) is 3.16. The van der Waals surface area contributed by atoms with Gasteiger partial charge in [0.2, 0.25) is 11.8 Å². The van der Waals surface area contributed by atoms with Crippen LogP contribution in [0.2, 0.25) is 0 Å². The van der Waals surface area contributed by atoms with E-state index < -0.39 is 31.2 Å². The second-order valence-corrected chi connectivity index (χ2v) is 2.22. The molecule has 0 atom stereocenters. The summed E-state index contributed by atoms with van der Waals surface area (Å²) in [7, 11) is 0. The molecular formula is C7H8FNO5. The van der Waals surface area contributed by atoms with Crippen LogP contribution in [0.25, 0.3) is 0 Å². The number of aromatic nitrogens is 1. The van der Waals surface area contributed by atoms with Crippen LogP contribution in [0, 0.1) is 0 Å². The first-order chi connectivity index (χ1) is 6.65. The number of alkyl halides is 1. The summed E-state index contributed by atoms with van der Waals surface area (Å²) in [6.45, 7) is -1.28. The monoisotopic (exact) mass is 205 g/mol. The summed E-state index contributed by atoms with van der Waals surface area (Å²) in [6.07, 6.45) is -1.22. The predicted molar refractivity (Wildman–Crippen MR) is 41.7 cm³/mol. The lowest BCUT2D eigenvalue weighted by Crippen LogP contribution is -2.20. The van der Waals surface area contributed by atoms with E-state index in [0.29, 0.717) is 4.73 Å². The topological polar surface area (TPSA) is 80.9 Å². The van der Waals surface area contributed by atoms with Gasteiger partial charge in [0.05, 0.1) is 0 Å². The van der Waals surface area contributed by atoms with Gasteiger partial charge in [0.25, 0.3) is 0 Å². The summed E-state index contributed by atoms with van der Waals surface area (Å²) in [5.41, 5.74) is 0. The first-order valence-corrected chi connectivity index (χ1v) is 3.66. The van der Waals surface area contributed by atoms with Crippen molar-refractivity contribution in [1.82, 2.24) is 4.73 Å². The number of hydrogen-bond acceptors (Lipinski definition) is 5. The number of carbonyl (C=O) groups excluding carboxylic acids is 1. The summed E-state index contributed by atoms with van der Waals surface area (Å²) >= 11 is 0. The summed E-state index contributed by atoms with van der Waals surface area (Å²) in [4.78, 5) is 15.0. The SMILES string of the molecule is O=C(OCCF)On1c(O)ccc1O. The van der Waals surface area contributed by atoms with Gasteiger partial charge in [-0.1, -0.05) is 0 Å². The molecule has 0 spiro atoms. The molecule has 0 amide bonds. The molecule has 0 aliphatic carbocycles. The highest BCUT2D eigenvalue weighted by molar-refractivity contribution is 5.60. The van der Waals surface area contributed by atoms with Crippen LogP contribution in [0.3, 0.4) is 0 Å². The summed E-state index contributed by atoms with van der Waals surface area (Å²) in [5.74, 6) is -0.945. The molecule has 0 aromatic carbocycles. The number of hydrogen-bond donors (Lipinski definition) is 2. The second kappa shape index (κ2) is 4.35. The largest absolute Gasteiger partial charge is 0.534 e. The second-order valence-electron chi connectivity index (χ2n) is 2.22. The predicted octanol–water partition coefficient (Wildman–Crippen LogP) is 0.434. The fourth-order valence-electron chi connectivity index (χ4n) is 0.718. The number of aromatic hydroxyl groups is 2. The molecule has 0 bridgehead atoms. The highest BCUT2D eigenvalue weighted by Gasteiger charge is 2.12. The van der Waals surface area contributed by atoms with Crippen molar-refractivity contribution in [1.29, 1.82) is 0 Å². The third-order valence-corrected chi connectivity index (χ3v) is 1.26. The number of halogens is 1. The molecule has 6 nitrogen and oxygen atoms in total. The Balaban J connectivity index is 2.55. The molecule has 0 aliphatic rings. The molecule has 78 valence electrons. The summed E-state index contributed by atoms with van der Waals surface area (Å²) in [6, 6.07) is 2.22. The maximum Gasteiger partial charge on any atom is 0.534 e.